The molecule has 0 aliphatic rings. The number of hydrogen-bond acceptors (Lipinski definition) is 9. The number of fused-ring (bicyclic) bond motifs is 1. The third-order valence-electron chi connectivity index (χ3n) is 4.34. The highest BCUT2D eigenvalue weighted by molar-refractivity contribution is 5.82. The quantitative estimate of drug-likeness (QED) is 0.434. The molecule has 3 aromatic heterocycles. The average molecular weight is 404 g/mol. The molecule has 4 rings (SSSR count). The highest BCUT2D eigenvalue weighted by Gasteiger charge is 2.24. The van der Waals surface area contributed by atoms with Gasteiger partial charge in [0.25, 0.3) is 0 Å². The molecule has 3 heterocycles. The van der Waals surface area contributed by atoms with Gasteiger partial charge in [-0.05, 0) is 39.0 Å². The van der Waals surface area contributed by atoms with E-state index in [1.54, 1.807) is 24.5 Å². The molecular formula is C20H20N8O2. The summed E-state index contributed by atoms with van der Waals surface area (Å²) in [7, 11) is 0. The van der Waals surface area contributed by atoms with Crippen LogP contribution in [0.3, 0.4) is 0 Å². The molecule has 0 fully saturated rings. The minimum atomic E-state index is -1.45. The first-order chi connectivity index (χ1) is 14.4. The number of nitrogens with zero attached hydrogens (tertiary/aromatic N) is 6. The summed E-state index contributed by atoms with van der Waals surface area (Å²) in [6.07, 6.45) is 1.35. The van der Waals surface area contributed by atoms with E-state index in [1.807, 2.05) is 25.1 Å². The van der Waals surface area contributed by atoms with E-state index in [0.717, 1.165) is 11.0 Å². The fraction of sp³-hybridized carbons (Fsp3) is 0.250. The Morgan fingerprint density at radius 3 is 2.80 bits per heavy atom. The monoisotopic (exact) mass is 404 g/mol. The molecule has 4 N–H and O–H groups in total. The second kappa shape index (κ2) is 7.46. The van der Waals surface area contributed by atoms with Crippen LogP contribution in [0, 0.1) is 18.8 Å². The van der Waals surface area contributed by atoms with Crippen LogP contribution in [0.2, 0.25) is 0 Å². The number of rotatable bonds is 4. The summed E-state index contributed by atoms with van der Waals surface area (Å²) in [5, 5.41) is 17.7. The topological polar surface area (TPSA) is 141 Å². The lowest BCUT2D eigenvalue weighted by atomic mass is 10.0. The molecule has 0 aliphatic carbocycles. The van der Waals surface area contributed by atoms with E-state index in [0.29, 0.717) is 35.5 Å². The molecule has 10 nitrogen and oxygen atoms in total. The molecule has 4 aromatic rings. The standard InChI is InChI=1S/C20H20N8O2/c1-4-22-18-25-14-6-5-13(7-8-20(3,29)16-9-12(2)30-27-16)10-15(14)28(18)19-24-11-23-17(21)26-19/h5-6,9-11,29H,4H2,1-3H3,(H,22,25)(H2,21,23,24,26)/t20-/m1/s1. The minimum absolute atomic E-state index is 0.110. The molecule has 1 aromatic carbocycles. The number of aliphatic hydroxyl groups is 1. The first-order valence-electron chi connectivity index (χ1n) is 9.28. The van der Waals surface area contributed by atoms with Crippen LogP contribution in [-0.4, -0.2) is 41.3 Å². The molecular weight excluding hydrogens is 384 g/mol. The van der Waals surface area contributed by atoms with Crippen LogP contribution in [0.1, 0.15) is 30.9 Å². The van der Waals surface area contributed by atoms with E-state index in [9.17, 15) is 5.11 Å². The Labute approximate surface area is 172 Å². The fourth-order valence-electron chi connectivity index (χ4n) is 2.89. The van der Waals surface area contributed by atoms with Gasteiger partial charge >= 0.3 is 0 Å². The smallest absolute Gasteiger partial charge is 0.241 e. The van der Waals surface area contributed by atoms with Gasteiger partial charge in [0.15, 0.2) is 5.60 Å². The number of nitrogens with two attached hydrogens (primary N) is 1. The molecule has 10 heteroatoms. The van der Waals surface area contributed by atoms with Crippen molar-refractivity contribution in [3.63, 3.8) is 0 Å². The van der Waals surface area contributed by atoms with Crippen LogP contribution in [0.15, 0.2) is 35.1 Å². The number of aryl methyl sites for hydroxylation is 1. The van der Waals surface area contributed by atoms with Crippen molar-refractivity contribution >= 4 is 22.9 Å². The minimum Gasteiger partial charge on any atom is -0.372 e. The maximum absolute atomic E-state index is 10.6. The van der Waals surface area contributed by atoms with Crippen LogP contribution in [0.4, 0.5) is 11.9 Å². The number of aromatic nitrogens is 6. The third kappa shape index (κ3) is 3.66. The van der Waals surface area contributed by atoms with Crippen molar-refractivity contribution in [2.75, 3.05) is 17.6 Å². The number of imidazole rings is 1. The van der Waals surface area contributed by atoms with E-state index in [2.05, 4.69) is 42.3 Å². The lowest BCUT2D eigenvalue weighted by molar-refractivity contribution is 0.112. The van der Waals surface area contributed by atoms with E-state index in [1.165, 1.54) is 6.33 Å². The Morgan fingerprint density at radius 2 is 2.10 bits per heavy atom. The molecule has 0 radical (unpaired) electrons. The summed E-state index contributed by atoms with van der Waals surface area (Å²) in [5.41, 5.74) is 6.78. The van der Waals surface area contributed by atoms with E-state index >= 15 is 0 Å². The molecule has 152 valence electrons. The average Bonchev–Trinajstić information content (AvgIpc) is 3.30. The zero-order valence-electron chi connectivity index (χ0n) is 16.7. The predicted molar refractivity (Wildman–Crippen MR) is 111 cm³/mol. The van der Waals surface area contributed by atoms with Crippen molar-refractivity contribution < 1.29 is 9.63 Å². The Kier molecular flexibility index (Phi) is 4.81. The van der Waals surface area contributed by atoms with Gasteiger partial charge in [-0.15, -0.1) is 0 Å². The Morgan fingerprint density at radius 1 is 1.27 bits per heavy atom. The molecule has 0 bridgehead atoms. The molecule has 0 unspecified atom stereocenters. The van der Waals surface area contributed by atoms with Gasteiger partial charge in [0, 0.05) is 18.2 Å². The van der Waals surface area contributed by atoms with Crippen molar-refractivity contribution in [3.8, 4) is 17.8 Å². The SMILES string of the molecule is CCNc1nc2ccc(C#C[C@@](C)(O)c3cc(C)on3)cc2n1-c1ncnc(N)n1. The third-order valence-corrected chi connectivity index (χ3v) is 4.34. The van der Waals surface area contributed by atoms with Gasteiger partial charge < -0.3 is 20.7 Å². The van der Waals surface area contributed by atoms with Crippen LogP contribution in [-0.2, 0) is 5.60 Å². The van der Waals surface area contributed by atoms with Gasteiger partial charge in [-0.1, -0.05) is 17.0 Å². The molecule has 1 atom stereocenters. The van der Waals surface area contributed by atoms with Gasteiger partial charge in [-0.25, -0.2) is 19.5 Å². The molecule has 0 saturated heterocycles. The molecule has 0 saturated carbocycles. The molecule has 30 heavy (non-hydrogen) atoms. The Balaban J connectivity index is 1.80. The van der Waals surface area contributed by atoms with E-state index in [-0.39, 0.29) is 5.95 Å². The maximum Gasteiger partial charge on any atom is 0.241 e. The zero-order valence-corrected chi connectivity index (χ0v) is 16.7. The zero-order chi connectivity index (χ0) is 21.3. The predicted octanol–water partition coefficient (Wildman–Crippen LogP) is 1.78. The van der Waals surface area contributed by atoms with Crippen LogP contribution >= 0.6 is 0 Å². The van der Waals surface area contributed by atoms with Gasteiger partial charge in [-0.2, -0.15) is 4.98 Å². The summed E-state index contributed by atoms with van der Waals surface area (Å²) in [6.45, 7) is 5.95. The lowest BCUT2D eigenvalue weighted by Crippen LogP contribution is -2.18. The van der Waals surface area contributed by atoms with Crippen LogP contribution in [0.5, 0.6) is 0 Å². The lowest BCUT2D eigenvalue weighted by Gasteiger charge is -2.11. The second-order valence-electron chi connectivity index (χ2n) is 6.79. The first kappa shape index (κ1) is 19.4. The van der Waals surface area contributed by atoms with Crippen LogP contribution < -0.4 is 11.1 Å². The summed E-state index contributed by atoms with van der Waals surface area (Å²) in [4.78, 5) is 16.9. The van der Waals surface area contributed by atoms with E-state index < -0.39 is 5.60 Å². The first-order valence-corrected chi connectivity index (χ1v) is 9.28. The number of nitrogens with one attached hydrogen (secondary N) is 1. The van der Waals surface area contributed by atoms with Crippen molar-refractivity contribution in [1.82, 2.24) is 29.7 Å². The summed E-state index contributed by atoms with van der Waals surface area (Å²) < 4.78 is 6.79. The largest absolute Gasteiger partial charge is 0.372 e. The summed E-state index contributed by atoms with van der Waals surface area (Å²) in [6, 6.07) is 7.17. The molecule has 0 amide bonds. The van der Waals surface area contributed by atoms with E-state index in [4.69, 9.17) is 10.3 Å². The normalized spacial score (nSPS) is 12.9. The van der Waals surface area contributed by atoms with Gasteiger partial charge in [-0.3, -0.25) is 0 Å². The molecule has 0 aliphatic heterocycles. The Hall–Kier alpha value is -3.97. The highest BCUT2D eigenvalue weighted by atomic mass is 16.5. The number of benzene rings is 1. The van der Waals surface area contributed by atoms with Gasteiger partial charge in [0.1, 0.15) is 17.8 Å². The number of anilines is 2. The molecule has 0 spiro atoms. The number of hydrogen-bond donors (Lipinski definition) is 3. The second-order valence-corrected chi connectivity index (χ2v) is 6.79. The fourth-order valence-corrected chi connectivity index (χ4v) is 2.89. The van der Waals surface area contributed by atoms with Crippen molar-refractivity contribution in [1.29, 1.82) is 0 Å². The maximum atomic E-state index is 10.6. The number of nitrogen functional groups attached to an aromatic ring is 1. The van der Waals surface area contributed by atoms with Gasteiger partial charge in [0.05, 0.1) is 11.0 Å². The van der Waals surface area contributed by atoms with Crippen LogP contribution in [0.25, 0.3) is 17.0 Å². The van der Waals surface area contributed by atoms with Crippen molar-refractivity contribution in [2.24, 2.45) is 0 Å². The highest BCUT2D eigenvalue weighted by Crippen LogP contribution is 2.24. The summed E-state index contributed by atoms with van der Waals surface area (Å²) in [5.74, 6) is 7.47. The van der Waals surface area contributed by atoms with Gasteiger partial charge in [0.2, 0.25) is 17.8 Å². The Bertz CT molecular complexity index is 1280. The summed E-state index contributed by atoms with van der Waals surface area (Å²) >= 11 is 0. The van der Waals surface area contributed by atoms with Crippen molar-refractivity contribution in [2.45, 2.75) is 26.4 Å². The van der Waals surface area contributed by atoms with Crippen molar-refractivity contribution in [3.05, 3.63) is 47.6 Å².